The number of alkyl carbamates (subject to hydrolysis) is 1. The van der Waals surface area contributed by atoms with E-state index < -0.39 is 17.7 Å². The van der Waals surface area contributed by atoms with Gasteiger partial charge in [-0.15, -0.1) is 0 Å². The zero-order valence-electron chi connectivity index (χ0n) is 25.8. The molecular formula is C32H52N2O5. The van der Waals surface area contributed by atoms with Gasteiger partial charge in [0.2, 0.25) is 5.91 Å². The summed E-state index contributed by atoms with van der Waals surface area (Å²) in [7, 11) is 0. The molecule has 1 unspecified atom stereocenters. The Bertz CT molecular complexity index is 978. The number of nitrogens with zero attached hydrogens (tertiary/aromatic N) is 1. The second-order valence-electron chi connectivity index (χ2n) is 14.3. The maximum atomic E-state index is 13.6. The number of fused-ring (bicyclic) bond motifs is 1. The first-order valence-electron chi connectivity index (χ1n) is 14.7. The van der Waals surface area contributed by atoms with Crippen molar-refractivity contribution in [2.75, 3.05) is 13.2 Å². The van der Waals surface area contributed by atoms with E-state index in [-0.39, 0.29) is 17.6 Å². The lowest BCUT2D eigenvalue weighted by Crippen LogP contribution is -2.51. The molecular weight excluding hydrogens is 492 g/mol. The van der Waals surface area contributed by atoms with Gasteiger partial charge in [-0.05, 0) is 108 Å². The van der Waals surface area contributed by atoms with Crippen molar-refractivity contribution in [3.63, 3.8) is 0 Å². The highest BCUT2D eigenvalue weighted by molar-refractivity contribution is 5.86. The third-order valence-corrected chi connectivity index (χ3v) is 7.63. The van der Waals surface area contributed by atoms with E-state index in [1.165, 1.54) is 18.4 Å². The van der Waals surface area contributed by atoms with Crippen LogP contribution in [0.3, 0.4) is 0 Å². The normalized spacial score (nSPS) is 21.1. The Kier molecular flexibility index (Phi) is 10.0. The molecule has 1 N–H and O–H groups in total. The van der Waals surface area contributed by atoms with Gasteiger partial charge in [0.15, 0.2) is 0 Å². The monoisotopic (exact) mass is 544 g/mol. The molecule has 1 aromatic carbocycles. The lowest BCUT2D eigenvalue weighted by Gasteiger charge is -2.37. The molecule has 1 saturated carbocycles. The van der Waals surface area contributed by atoms with Crippen LogP contribution in [0.1, 0.15) is 106 Å². The molecule has 220 valence electrons. The van der Waals surface area contributed by atoms with E-state index in [9.17, 15) is 9.59 Å². The van der Waals surface area contributed by atoms with Gasteiger partial charge in [-0.3, -0.25) is 4.79 Å². The van der Waals surface area contributed by atoms with Gasteiger partial charge in [0.25, 0.3) is 0 Å². The SMILES string of the molecule is CC(C)(C)OCCC(NC(=O)OC(C)(C)C)C(=O)N1CCc2cc(O[C@H]3CC[C@H](C(C)(C)C)CC3)ccc2C1. The van der Waals surface area contributed by atoms with Gasteiger partial charge in [-0.2, -0.15) is 0 Å². The number of hydrogen-bond acceptors (Lipinski definition) is 5. The molecule has 1 aromatic rings. The topological polar surface area (TPSA) is 77.1 Å². The van der Waals surface area contributed by atoms with Gasteiger partial charge >= 0.3 is 6.09 Å². The van der Waals surface area contributed by atoms with Gasteiger partial charge < -0.3 is 24.4 Å². The third-order valence-electron chi connectivity index (χ3n) is 7.63. The van der Waals surface area contributed by atoms with E-state index in [4.69, 9.17) is 14.2 Å². The smallest absolute Gasteiger partial charge is 0.408 e. The molecule has 0 radical (unpaired) electrons. The number of hydrogen-bond donors (Lipinski definition) is 1. The van der Waals surface area contributed by atoms with E-state index in [0.717, 1.165) is 36.5 Å². The highest BCUT2D eigenvalue weighted by Gasteiger charge is 2.32. The van der Waals surface area contributed by atoms with Crippen LogP contribution >= 0.6 is 0 Å². The van der Waals surface area contributed by atoms with Crippen LogP contribution in [0, 0.1) is 11.3 Å². The number of carbonyl (C=O) groups excluding carboxylic acids is 2. The molecule has 0 bridgehead atoms. The molecule has 2 amide bonds. The van der Waals surface area contributed by atoms with Gasteiger partial charge in [-0.25, -0.2) is 4.79 Å². The average Bonchev–Trinajstić information content (AvgIpc) is 2.80. The maximum Gasteiger partial charge on any atom is 0.408 e. The quantitative estimate of drug-likeness (QED) is 0.416. The summed E-state index contributed by atoms with van der Waals surface area (Å²) in [4.78, 5) is 27.9. The summed E-state index contributed by atoms with van der Waals surface area (Å²) in [6.45, 7) is 19.8. The van der Waals surface area contributed by atoms with E-state index in [1.807, 2.05) is 52.5 Å². The highest BCUT2D eigenvalue weighted by atomic mass is 16.6. The van der Waals surface area contributed by atoms with E-state index >= 15 is 0 Å². The molecule has 39 heavy (non-hydrogen) atoms. The molecule has 3 rings (SSSR count). The number of amides is 2. The Balaban J connectivity index is 1.61. The minimum absolute atomic E-state index is 0.111. The molecule has 0 aromatic heterocycles. The first-order valence-corrected chi connectivity index (χ1v) is 14.7. The second-order valence-corrected chi connectivity index (χ2v) is 14.3. The van der Waals surface area contributed by atoms with Gasteiger partial charge in [0.05, 0.1) is 11.7 Å². The summed E-state index contributed by atoms with van der Waals surface area (Å²) in [6, 6.07) is 5.57. The Morgan fingerprint density at radius 1 is 0.949 bits per heavy atom. The largest absolute Gasteiger partial charge is 0.490 e. The van der Waals surface area contributed by atoms with Gasteiger partial charge in [0, 0.05) is 26.1 Å². The summed E-state index contributed by atoms with van der Waals surface area (Å²) in [5, 5.41) is 2.80. The third kappa shape index (κ3) is 10.0. The molecule has 2 aliphatic rings. The van der Waals surface area contributed by atoms with Crippen LogP contribution in [0.2, 0.25) is 0 Å². The van der Waals surface area contributed by atoms with Crippen LogP contribution in [0.25, 0.3) is 0 Å². The van der Waals surface area contributed by atoms with Crippen molar-refractivity contribution in [1.29, 1.82) is 0 Å². The van der Waals surface area contributed by atoms with Crippen LogP contribution < -0.4 is 10.1 Å². The van der Waals surface area contributed by atoms with Crippen molar-refractivity contribution in [3.05, 3.63) is 29.3 Å². The number of carbonyl (C=O) groups is 2. The maximum absolute atomic E-state index is 13.6. The van der Waals surface area contributed by atoms with Crippen molar-refractivity contribution in [2.45, 2.75) is 131 Å². The zero-order valence-corrected chi connectivity index (χ0v) is 25.8. The number of ether oxygens (including phenoxy) is 3. The molecule has 1 heterocycles. The Morgan fingerprint density at radius 3 is 2.21 bits per heavy atom. The van der Waals surface area contributed by atoms with Crippen LogP contribution in [-0.2, 0) is 27.2 Å². The number of rotatable bonds is 7. The first-order chi connectivity index (χ1) is 18.0. The van der Waals surface area contributed by atoms with Crippen molar-refractivity contribution in [3.8, 4) is 5.75 Å². The molecule has 0 spiro atoms. The molecule has 1 aliphatic heterocycles. The summed E-state index contributed by atoms with van der Waals surface area (Å²) < 4.78 is 17.7. The minimum atomic E-state index is -0.713. The minimum Gasteiger partial charge on any atom is -0.490 e. The van der Waals surface area contributed by atoms with E-state index in [1.54, 1.807) is 0 Å². The van der Waals surface area contributed by atoms with Crippen LogP contribution in [0.5, 0.6) is 5.75 Å². The second kappa shape index (κ2) is 12.5. The van der Waals surface area contributed by atoms with Crippen molar-refractivity contribution in [1.82, 2.24) is 10.2 Å². The van der Waals surface area contributed by atoms with Crippen LogP contribution in [0.4, 0.5) is 4.79 Å². The number of benzene rings is 1. The lowest BCUT2D eigenvalue weighted by molar-refractivity contribution is -0.135. The highest BCUT2D eigenvalue weighted by Crippen LogP contribution is 2.39. The summed E-state index contributed by atoms with van der Waals surface area (Å²) >= 11 is 0. The molecule has 0 saturated heterocycles. The van der Waals surface area contributed by atoms with Crippen LogP contribution in [0.15, 0.2) is 18.2 Å². The van der Waals surface area contributed by atoms with Crippen molar-refractivity contribution >= 4 is 12.0 Å². The molecule has 7 nitrogen and oxygen atoms in total. The number of nitrogens with one attached hydrogen (secondary N) is 1. The van der Waals surface area contributed by atoms with Gasteiger partial charge in [-0.1, -0.05) is 26.8 Å². The Hall–Kier alpha value is -2.28. The molecule has 1 aliphatic carbocycles. The summed E-state index contributed by atoms with van der Waals surface area (Å²) in [6.07, 6.45) is 5.46. The molecule has 1 fully saturated rings. The van der Waals surface area contributed by atoms with Crippen molar-refractivity contribution in [2.24, 2.45) is 11.3 Å². The van der Waals surface area contributed by atoms with E-state index in [0.29, 0.717) is 31.5 Å². The standard InChI is InChI=1S/C32H52N2O5/c1-30(2,3)24-11-14-25(15-12-24)38-26-13-10-23-21-34(18-16-22(23)20-26)28(35)27(17-19-37-31(4,5)6)33-29(36)39-32(7,8)9/h10,13,20,24-25,27H,11-12,14-19,21H2,1-9H3,(H,33,36)/t24-,25-,27?. The lowest BCUT2D eigenvalue weighted by atomic mass is 9.72. The average molecular weight is 545 g/mol. The van der Waals surface area contributed by atoms with Crippen LogP contribution in [-0.4, -0.2) is 53.4 Å². The van der Waals surface area contributed by atoms with E-state index in [2.05, 4.69) is 38.2 Å². The predicted molar refractivity (Wildman–Crippen MR) is 155 cm³/mol. The fourth-order valence-corrected chi connectivity index (χ4v) is 5.44. The summed E-state index contributed by atoms with van der Waals surface area (Å²) in [5.74, 6) is 1.58. The summed E-state index contributed by atoms with van der Waals surface area (Å²) in [5.41, 5.74) is 1.75. The molecule has 1 atom stereocenters. The first kappa shape index (κ1) is 31.3. The fraction of sp³-hybridized carbons (Fsp3) is 0.750. The van der Waals surface area contributed by atoms with Gasteiger partial charge in [0.1, 0.15) is 17.4 Å². The fourth-order valence-electron chi connectivity index (χ4n) is 5.44. The molecule has 7 heteroatoms. The zero-order chi connectivity index (χ0) is 29.0. The Labute approximate surface area is 236 Å². The predicted octanol–water partition coefficient (Wildman–Crippen LogP) is 6.65. The van der Waals surface area contributed by atoms with Crippen molar-refractivity contribution < 1.29 is 23.8 Å². The Morgan fingerprint density at radius 2 is 1.62 bits per heavy atom.